The van der Waals surface area contributed by atoms with E-state index in [0.717, 1.165) is 0 Å². The molecular formula is C14H15NO3. The second-order valence-corrected chi connectivity index (χ2v) is 4.72. The molecule has 0 spiro atoms. The van der Waals surface area contributed by atoms with Crippen LogP contribution in [0.15, 0.2) is 41.5 Å². The fourth-order valence-electron chi connectivity index (χ4n) is 2.07. The zero-order valence-electron chi connectivity index (χ0n) is 10.6. The van der Waals surface area contributed by atoms with Crippen LogP contribution in [0.3, 0.4) is 0 Å². The van der Waals surface area contributed by atoms with Crippen molar-refractivity contribution >= 4 is 17.6 Å². The molecule has 0 saturated heterocycles. The lowest BCUT2D eigenvalue weighted by Gasteiger charge is -2.20. The standard InChI is InChI=1S/C14H15NO3/c1-9-11(14(2,3)18-13(9)17)12(16)15-10-7-5-4-6-8-10/h4-8H,1-3H3,(H,15,16). The first-order valence-electron chi connectivity index (χ1n) is 5.73. The molecule has 0 atom stereocenters. The molecule has 0 radical (unpaired) electrons. The van der Waals surface area contributed by atoms with E-state index in [0.29, 0.717) is 16.8 Å². The van der Waals surface area contributed by atoms with Gasteiger partial charge in [0.05, 0.1) is 5.57 Å². The Bertz CT molecular complexity index is 529. The molecule has 1 aliphatic heterocycles. The first-order valence-corrected chi connectivity index (χ1v) is 5.73. The SMILES string of the molecule is CC1=C(C(=O)Nc2ccccc2)C(C)(C)OC1=O. The molecule has 0 bridgehead atoms. The molecule has 2 rings (SSSR count). The highest BCUT2D eigenvalue weighted by Crippen LogP contribution is 2.32. The van der Waals surface area contributed by atoms with E-state index < -0.39 is 11.6 Å². The summed E-state index contributed by atoms with van der Waals surface area (Å²) in [5.41, 5.74) is 0.572. The Labute approximate surface area is 106 Å². The topological polar surface area (TPSA) is 55.4 Å². The minimum atomic E-state index is -0.875. The van der Waals surface area contributed by atoms with Crippen LogP contribution in [0.5, 0.6) is 0 Å². The Balaban J connectivity index is 2.27. The Morgan fingerprint density at radius 2 is 1.83 bits per heavy atom. The molecule has 1 heterocycles. The van der Waals surface area contributed by atoms with Crippen LogP contribution >= 0.6 is 0 Å². The molecule has 1 amide bonds. The number of carbonyl (C=O) groups is 2. The van der Waals surface area contributed by atoms with Crippen molar-refractivity contribution in [2.24, 2.45) is 0 Å². The molecule has 1 N–H and O–H groups in total. The molecule has 4 nitrogen and oxygen atoms in total. The summed E-state index contributed by atoms with van der Waals surface area (Å²) in [4.78, 5) is 23.7. The molecule has 0 unspecified atom stereocenters. The zero-order valence-corrected chi connectivity index (χ0v) is 10.6. The molecule has 0 fully saturated rings. The molecule has 0 saturated carbocycles. The van der Waals surface area contributed by atoms with Crippen LogP contribution in [0, 0.1) is 0 Å². The number of amides is 1. The maximum absolute atomic E-state index is 12.2. The summed E-state index contributed by atoms with van der Waals surface area (Å²) in [6.07, 6.45) is 0. The van der Waals surface area contributed by atoms with E-state index in [1.54, 1.807) is 32.9 Å². The van der Waals surface area contributed by atoms with Gasteiger partial charge in [-0.05, 0) is 32.9 Å². The van der Waals surface area contributed by atoms with E-state index in [1.165, 1.54) is 0 Å². The van der Waals surface area contributed by atoms with Crippen molar-refractivity contribution in [3.8, 4) is 0 Å². The number of hydrogen-bond acceptors (Lipinski definition) is 3. The monoisotopic (exact) mass is 245 g/mol. The third kappa shape index (κ3) is 2.14. The minimum Gasteiger partial charge on any atom is -0.451 e. The van der Waals surface area contributed by atoms with Crippen molar-refractivity contribution in [1.82, 2.24) is 0 Å². The van der Waals surface area contributed by atoms with Crippen LogP contribution in [-0.2, 0) is 14.3 Å². The number of para-hydroxylation sites is 1. The van der Waals surface area contributed by atoms with Gasteiger partial charge in [0.1, 0.15) is 5.60 Å². The fraction of sp³-hybridized carbons (Fsp3) is 0.286. The second-order valence-electron chi connectivity index (χ2n) is 4.72. The van der Waals surface area contributed by atoms with E-state index in [4.69, 9.17) is 4.74 Å². The predicted octanol–water partition coefficient (Wildman–Crippen LogP) is 2.28. The number of rotatable bonds is 2. The van der Waals surface area contributed by atoms with E-state index in [-0.39, 0.29) is 5.91 Å². The number of hydrogen-bond donors (Lipinski definition) is 1. The molecule has 1 aliphatic rings. The Kier molecular flexibility index (Phi) is 2.95. The Hall–Kier alpha value is -2.10. The third-order valence-corrected chi connectivity index (χ3v) is 2.89. The average molecular weight is 245 g/mol. The van der Waals surface area contributed by atoms with Gasteiger partial charge in [-0.2, -0.15) is 0 Å². The summed E-state index contributed by atoms with van der Waals surface area (Å²) in [5.74, 6) is -0.729. The molecule has 4 heteroatoms. The third-order valence-electron chi connectivity index (χ3n) is 2.89. The number of cyclic esters (lactones) is 1. The van der Waals surface area contributed by atoms with Gasteiger partial charge >= 0.3 is 5.97 Å². The van der Waals surface area contributed by atoms with Crippen LogP contribution in [0.2, 0.25) is 0 Å². The van der Waals surface area contributed by atoms with Gasteiger partial charge in [-0.15, -0.1) is 0 Å². The van der Waals surface area contributed by atoms with Crippen molar-refractivity contribution in [3.05, 3.63) is 41.5 Å². The second kappa shape index (κ2) is 4.29. The summed E-state index contributed by atoms with van der Waals surface area (Å²) in [6, 6.07) is 9.11. The lowest BCUT2D eigenvalue weighted by molar-refractivity contribution is -0.144. The van der Waals surface area contributed by atoms with E-state index in [1.807, 2.05) is 18.2 Å². The largest absolute Gasteiger partial charge is 0.451 e. The summed E-state index contributed by atoms with van der Waals surface area (Å²) >= 11 is 0. The van der Waals surface area contributed by atoms with Crippen LogP contribution in [0.4, 0.5) is 5.69 Å². The lowest BCUT2D eigenvalue weighted by Crippen LogP contribution is -2.30. The molecular weight excluding hydrogens is 230 g/mol. The summed E-state index contributed by atoms with van der Waals surface area (Å²) in [7, 11) is 0. The number of carbonyl (C=O) groups excluding carboxylic acids is 2. The smallest absolute Gasteiger partial charge is 0.335 e. The maximum atomic E-state index is 12.2. The zero-order chi connectivity index (χ0) is 13.3. The van der Waals surface area contributed by atoms with E-state index in [9.17, 15) is 9.59 Å². The van der Waals surface area contributed by atoms with Crippen LogP contribution < -0.4 is 5.32 Å². The fourth-order valence-corrected chi connectivity index (χ4v) is 2.07. The average Bonchev–Trinajstić information content (AvgIpc) is 2.49. The number of anilines is 1. The van der Waals surface area contributed by atoms with Gasteiger partial charge < -0.3 is 10.1 Å². The molecule has 1 aromatic rings. The van der Waals surface area contributed by atoms with Gasteiger partial charge in [-0.1, -0.05) is 18.2 Å². The van der Waals surface area contributed by atoms with Gasteiger partial charge in [0.15, 0.2) is 0 Å². The number of nitrogens with one attached hydrogen (secondary N) is 1. The van der Waals surface area contributed by atoms with Crippen molar-refractivity contribution in [2.75, 3.05) is 5.32 Å². The summed E-state index contributed by atoms with van der Waals surface area (Å²) < 4.78 is 5.16. The van der Waals surface area contributed by atoms with Crippen molar-refractivity contribution in [1.29, 1.82) is 0 Å². The molecule has 94 valence electrons. The normalized spacial score (nSPS) is 17.6. The highest BCUT2D eigenvalue weighted by Gasteiger charge is 2.42. The van der Waals surface area contributed by atoms with Gasteiger partial charge in [0.25, 0.3) is 5.91 Å². The van der Waals surface area contributed by atoms with Gasteiger partial charge in [-0.3, -0.25) is 4.79 Å². The molecule has 0 aromatic heterocycles. The minimum absolute atomic E-state index is 0.297. The van der Waals surface area contributed by atoms with Crippen LogP contribution in [0.1, 0.15) is 20.8 Å². The van der Waals surface area contributed by atoms with Crippen molar-refractivity contribution in [3.63, 3.8) is 0 Å². The first kappa shape index (κ1) is 12.4. The van der Waals surface area contributed by atoms with Crippen molar-refractivity contribution < 1.29 is 14.3 Å². The quantitative estimate of drug-likeness (QED) is 0.813. The highest BCUT2D eigenvalue weighted by atomic mass is 16.6. The van der Waals surface area contributed by atoms with Crippen LogP contribution in [-0.4, -0.2) is 17.5 Å². The Morgan fingerprint density at radius 1 is 1.22 bits per heavy atom. The summed E-state index contributed by atoms with van der Waals surface area (Å²) in [6.45, 7) is 5.03. The van der Waals surface area contributed by atoms with E-state index >= 15 is 0 Å². The Morgan fingerprint density at radius 3 is 2.33 bits per heavy atom. The summed E-state index contributed by atoms with van der Waals surface area (Å²) in [5, 5.41) is 2.76. The highest BCUT2D eigenvalue weighted by molar-refractivity contribution is 6.12. The van der Waals surface area contributed by atoms with Gasteiger partial charge in [-0.25, -0.2) is 4.79 Å². The number of esters is 1. The van der Waals surface area contributed by atoms with Crippen molar-refractivity contribution in [2.45, 2.75) is 26.4 Å². The predicted molar refractivity (Wildman–Crippen MR) is 67.9 cm³/mol. The van der Waals surface area contributed by atoms with E-state index in [2.05, 4.69) is 5.32 Å². The number of benzene rings is 1. The lowest BCUT2D eigenvalue weighted by atomic mass is 9.95. The van der Waals surface area contributed by atoms with Gasteiger partial charge in [0, 0.05) is 11.3 Å². The van der Waals surface area contributed by atoms with Crippen LogP contribution in [0.25, 0.3) is 0 Å². The molecule has 18 heavy (non-hydrogen) atoms. The van der Waals surface area contributed by atoms with Gasteiger partial charge in [0.2, 0.25) is 0 Å². The number of ether oxygens (including phenoxy) is 1. The first-order chi connectivity index (χ1) is 8.42. The molecule has 1 aromatic carbocycles. The molecule has 0 aliphatic carbocycles. The maximum Gasteiger partial charge on any atom is 0.335 e.